The summed E-state index contributed by atoms with van der Waals surface area (Å²) in [5.74, 6) is -4.47. The number of Topliss-reactive ketones (excluding diaryl/α,β-unsaturated/α-hetero) is 1. The highest BCUT2D eigenvalue weighted by molar-refractivity contribution is 5.83. The first-order valence-electron chi connectivity index (χ1n) is 19.4. The fraction of sp³-hybridized carbons (Fsp3) is 0.923. The number of rotatable bonds is 8. The van der Waals surface area contributed by atoms with Gasteiger partial charge in [0, 0.05) is 44.4 Å². The van der Waals surface area contributed by atoms with Crippen LogP contribution in [-0.2, 0) is 47.5 Å². The number of hydrogen-bond acceptors (Lipinski definition) is 15. The number of ketones is 1. The zero-order valence-electron chi connectivity index (χ0n) is 35.3. The number of methoxy groups -OCH3 is 2. The molecule has 3 aliphatic rings. The molecule has 3 saturated heterocycles. The summed E-state index contributed by atoms with van der Waals surface area (Å²) < 4.78 is 43.9. The second kappa shape index (κ2) is 20.2. The second-order valence-corrected chi connectivity index (χ2v) is 16.7. The summed E-state index contributed by atoms with van der Waals surface area (Å²) in [7, 11) is 6.77. The Morgan fingerprint density at radius 2 is 1.44 bits per heavy atom. The largest absolute Gasteiger partial charge is 0.483 e. The van der Waals surface area contributed by atoms with Crippen molar-refractivity contribution in [3.63, 3.8) is 0 Å². The fourth-order valence-corrected chi connectivity index (χ4v) is 8.58. The van der Waals surface area contributed by atoms with Gasteiger partial charge in [-0.15, -0.1) is 0 Å². The molecule has 0 amide bonds. The smallest absolute Gasteiger partial charge is 0.311 e. The summed E-state index contributed by atoms with van der Waals surface area (Å²) in [6, 6.07) is -0.283. The van der Waals surface area contributed by atoms with Crippen LogP contribution >= 0.6 is 0 Å². The number of aliphatic hydroxyl groups excluding tert-OH is 3. The minimum absolute atomic E-state index is 0.111. The van der Waals surface area contributed by atoms with Crippen LogP contribution in [0.15, 0.2) is 0 Å². The molecule has 55 heavy (non-hydrogen) atoms. The van der Waals surface area contributed by atoms with Crippen molar-refractivity contribution in [2.45, 2.75) is 179 Å². The van der Waals surface area contributed by atoms with Crippen molar-refractivity contribution < 1.29 is 73.1 Å². The van der Waals surface area contributed by atoms with Gasteiger partial charge in [-0.2, -0.15) is 0 Å². The number of carboxylic acid groups (broad SMARTS) is 1. The van der Waals surface area contributed by atoms with Gasteiger partial charge >= 0.3 is 5.97 Å². The van der Waals surface area contributed by atoms with Gasteiger partial charge in [-0.25, -0.2) is 0 Å². The molecule has 3 aliphatic heterocycles. The third-order valence-electron chi connectivity index (χ3n) is 12.3. The van der Waals surface area contributed by atoms with E-state index in [1.807, 2.05) is 32.8 Å². The van der Waals surface area contributed by atoms with Crippen LogP contribution in [0, 0.1) is 23.7 Å². The van der Waals surface area contributed by atoms with Gasteiger partial charge in [0.15, 0.2) is 12.6 Å². The van der Waals surface area contributed by atoms with Crippen molar-refractivity contribution in [1.82, 2.24) is 4.90 Å². The number of cyclic esters (lactones) is 1. The Morgan fingerprint density at radius 3 is 1.95 bits per heavy atom. The predicted molar refractivity (Wildman–Crippen MR) is 200 cm³/mol. The van der Waals surface area contributed by atoms with Crippen molar-refractivity contribution >= 4 is 18.2 Å². The molecule has 322 valence electrons. The summed E-state index contributed by atoms with van der Waals surface area (Å²) in [5.41, 5.74) is -4.24. The standard InChI is InChI=1S/C38H69NO13.CH2O2/c1-15-26-38(10,45)31(42)21(4)28(40)19(2)17-37(9,47-14)33(52-35-29(41)25(39(11)12)16-20(3)48-35)22(5)30(23(6)34(44)50-26)51-27-18-36(8,46-13)32(43)24(7)49-27;2-1-3/h19-27,29-33,35,41-43,45H,15-18H2,1-14H3;1H,(H,2,3)/t19-,20+,21-,22-,23+,24-,25-,26+,27-,29+,30-,31+,32-,33+,35-,36+,37+,38+;/m0./s1. The number of esters is 1. The number of carbonyl (C=O) groups is 3. The summed E-state index contributed by atoms with van der Waals surface area (Å²) in [6.45, 7) is 16.8. The van der Waals surface area contributed by atoms with Crippen molar-refractivity contribution in [3.8, 4) is 0 Å². The molecule has 0 bridgehead atoms. The van der Waals surface area contributed by atoms with Crippen LogP contribution in [0.3, 0.4) is 0 Å². The number of likely N-dealkylation sites (N-methyl/N-ethyl adjacent to an activating group) is 1. The molecule has 0 aromatic carbocycles. The van der Waals surface area contributed by atoms with Gasteiger partial charge in [-0.3, -0.25) is 14.4 Å². The summed E-state index contributed by atoms with van der Waals surface area (Å²) >= 11 is 0. The molecule has 0 aliphatic carbocycles. The molecule has 0 spiro atoms. The molecule has 3 fully saturated rings. The van der Waals surface area contributed by atoms with E-state index in [-0.39, 0.29) is 43.7 Å². The first-order chi connectivity index (χ1) is 25.4. The molecule has 3 rings (SSSR count). The van der Waals surface area contributed by atoms with Crippen LogP contribution in [0.4, 0.5) is 0 Å². The number of nitrogens with zero attached hydrogens (tertiary/aromatic N) is 1. The Kier molecular flexibility index (Phi) is 18.1. The quantitative estimate of drug-likeness (QED) is 0.176. The minimum atomic E-state index is -1.96. The highest BCUT2D eigenvalue weighted by Crippen LogP contribution is 2.41. The monoisotopic (exact) mass is 793 g/mol. The molecule has 5 N–H and O–H groups in total. The van der Waals surface area contributed by atoms with E-state index in [2.05, 4.69) is 0 Å². The topological polar surface area (TPSA) is 220 Å². The van der Waals surface area contributed by atoms with E-state index in [1.54, 1.807) is 48.5 Å². The van der Waals surface area contributed by atoms with Crippen LogP contribution in [-0.4, -0.2) is 161 Å². The van der Waals surface area contributed by atoms with Gasteiger partial charge in [0.25, 0.3) is 6.47 Å². The highest BCUT2D eigenvalue weighted by atomic mass is 16.7. The molecule has 16 nitrogen and oxygen atoms in total. The zero-order valence-corrected chi connectivity index (χ0v) is 35.3. The van der Waals surface area contributed by atoms with E-state index >= 15 is 0 Å². The molecule has 0 aromatic heterocycles. The lowest BCUT2D eigenvalue weighted by molar-refractivity contribution is -0.319. The van der Waals surface area contributed by atoms with E-state index in [4.69, 9.17) is 43.1 Å². The number of hydrogen-bond donors (Lipinski definition) is 5. The molecular formula is C39H71NO15. The van der Waals surface area contributed by atoms with Gasteiger partial charge in [-0.05, 0) is 74.9 Å². The zero-order chi connectivity index (χ0) is 42.4. The number of carbonyl (C=O) groups excluding carboxylic acids is 2. The van der Waals surface area contributed by atoms with Crippen LogP contribution in [0.1, 0.15) is 94.9 Å². The Balaban J connectivity index is 0.00000337. The summed E-state index contributed by atoms with van der Waals surface area (Å²) in [6.07, 6.45) is -8.73. The Bertz CT molecular complexity index is 1240. The number of ether oxygens (including phenoxy) is 7. The molecule has 0 saturated carbocycles. The van der Waals surface area contributed by atoms with Crippen LogP contribution in [0.2, 0.25) is 0 Å². The molecule has 18 atom stereocenters. The van der Waals surface area contributed by atoms with E-state index in [0.29, 0.717) is 6.42 Å². The Hall–Kier alpha value is -1.83. The molecule has 16 heteroatoms. The molecular weight excluding hydrogens is 722 g/mol. The van der Waals surface area contributed by atoms with Crippen LogP contribution < -0.4 is 0 Å². The van der Waals surface area contributed by atoms with Crippen LogP contribution in [0.25, 0.3) is 0 Å². The van der Waals surface area contributed by atoms with E-state index in [1.165, 1.54) is 21.1 Å². The van der Waals surface area contributed by atoms with Gasteiger partial charge in [0.1, 0.15) is 29.7 Å². The van der Waals surface area contributed by atoms with Crippen molar-refractivity contribution in [1.29, 1.82) is 0 Å². The average molecular weight is 794 g/mol. The third kappa shape index (κ3) is 11.2. The fourth-order valence-electron chi connectivity index (χ4n) is 8.58. The number of aliphatic hydroxyl groups is 4. The first kappa shape index (κ1) is 49.3. The maximum atomic E-state index is 14.2. The lowest BCUT2D eigenvalue weighted by Gasteiger charge is -2.50. The molecule has 0 radical (unpaired) electrons. The lowest BCUT2D eigenvalue weighted by atomic mass is 9.74. The molecule has 3 heterocycles. The predicted octanol–water partition coefficient (Wildman–Crippen LogP) is 2.14. The average Bonchev–Trinajstić information content (AvgIpc) is 3.12. The van der Waals surface area contributed by atoms with Gasteiger partial charge in [0.2, 0.25) is 0 Å². The van der Waals surface area contributed by atoms with Gasteiger partial charge in [0.05, 0.1) is 47.6 Å². The normalized spacial score (nSPS) is 46.6. The summed E-state index contributed by atoms with van der Waals surface area (Å²) in [4.78, 5) is 38.4. The van der Waals surface area contributed by atoms with E-state index in [9.17, 15) is 30.0 Å². The molecule has 0 unspecified atom stereocenters. The van der Waals surface area contributed by atoms with Gasteiger partial charge in [-0.1, -0.05) is 27.7 Å². The van der Waals surface area contributed by atoms with Crippen molar-refractivity contribution in [2.24, 2.45) is 23.7 Å². The van der Waals surface area contributed by atoms with E-state index in [0.717, 1.165) is 0 Å². The Morgan fingerprint density at radius 1 is 0.873 bits per heavy atom. The minimum Gasteiger partial charge on any atom is -0.483 e. The lowest BCUT2D eigenvalue weighted by Crippen LogP contribution is -2.61. The van der Waals surface area contributed by atoms with E-state index < -0.39 is 102 Å². The van der Waals surface area contributed by atoms with Crippen molar-refractivity contribution in [2.75, 3.05) is 28.3 Å². The van der Waals surface area contributed by atoms with Crippen molar-refractivity contribution in [3.05, 3.63) is 0 Å². The first-order valence-corrected chi connectivity index (χ1v) is 19.4. The summed E-state index contributed by atoms with van der Waals surface area (Å²) in [5, 5.41) is 52.4. The highest BCUT2D eigenvalue weighted by Gasteiger charge is 2.54. The van der Waals surface area contributed by atoms with Crippen LogP contribution in [0.5, 0.6) is 0 Å². The maximum absolute atomic E-state index is 14.2. The third-order valence-corrected chi connectivity index (χ3v) is 12.3. The Labute approximate surface area is 327 Å². The second-order valence-electron chi connectivity index (χ2n) is 16.7. The maximum Gasteiger partial charge on any atom is 0.311 e. The SMILES string of the molecule is CC[C@H]1OC(=O)[C@H](C)[C@@H](O[C@H]2C[C@@](C)(OC)[C@@H](O)[C@H](C)O2)[C@H](C)[C@@H](O[C@@H]2O[C@H](C)C[C@H](N(C)C)[C@H]2O)[C@](C)(OC)C[C@H](C)C(=O)[C@H](C)[C@@H](O)[C@]1(C)O.O=CO. The molecule has 0 aromatic rings. The van der Waals surface area contributed by atoms with Gasteiger partial charge < -0.3 is 63.6 Å².